The molecule has 1 aromatic carbocycles. The van der Waals surface area contributed by atoms with Crippen LogP contribution in [0.2, 0.25) is 0 Å². The minimum Gasteiger partial charge on any atom is -0.303 e. The highest BCUT2D eigenvalue weighted by molar-refractivity contribution is 7.89. The van der Waals surface area contributed by atoms with E-state index in [4.69, 9.17) is 5.14 Å². The van der Waals surface area contributed by atoms with E-state index in [1.165, 1.54) is 6.42 Å². The molecule has 0 radical (unpaired) electrons. The van der Waals surface area contributed by atoms with Crippen LogP contribution in [-0.4, -0.2) is 33.0 Å². The second-order valence-corrected chi connectivity index (χ2v) is 6.82. The van der Waals surface area contributed by atoms with Gasteiger partial charge in [0.1, 0.15) is 0 Å². The van der Waals surface area contributed by atoms with E-state index in [0.717, 1.165) is 38.0 Å². The Bertz CT molecular complexity index is 526. The molecule has 1 heterocycles. The number of piperidine rings is 1. The molecule has 0 saturated carbocycles. The van der Waals surface area contributed by atoms with Crippen molar-refractivity contribution in [3.8, 4) is 0 Å². The molecule has 0 spiro atoms. The molecule has 1 atom stereocenters. The summed E-state index contributed by atoms with van der Waals surface area (Å²) in [5.41, 5.74) is 1.09. The van der Waals surface area contributed by atoms with Crippen LogP contribution in [0.25, 0.3) is 0 Å². The molecule has 0 unspecified atom stereocenters. The molecule has 4 nitrogen and oxygen atoms in total. The van der Waals surface area contributed by atoms with Crippen molar-refractivity contribution in [2.24, 2.45) is 5.14 Å². The number of nitrogens with zero attached hydrogens (tertiary/aromatic N) is 1. The van der Waals surface area contributed by atoms with Crippen LogP contribution in [0.15, 0.2) is 29.2 Å². The van der Waals surface area contributed by atoms with Crippen LogP contribution >= 0.6 is 0 Å². The summed E-state index contributed by atoms with van der Waals surface area (Å²) < 4.78 is 22.8. The van der Waals surface area contributed by atoms with E-state index in [1.807, 2.05) is 6.07 Å². The Kier molecular flexibility index (Phi) is 4.60. The number of sulfonamides is 1. The quantitative estimate of drug-likeness (QED) is 0.917. The van der Waals surface area contributed by atoms with Crippen molar-refractivity contribution < 1.29 is 8.42 Å². The van der Waals surface area contributed by atoms with Crippen LogP contribution in [0.4, 0.5) is 0 Å². The number of rotatable bonds is 4. The molecule has 1 saturated heterocycles. The lowest BCUT2D eigenvalue weighted by molar-refractivity contribution is 0.208. The first-order chi connectivity index (χ1) is 9.00. The van der Waals surface area contributed by atoms with Gasteiger partial charge in [0, 0.05) is 6.54 Å². The molecule has 19 heavy (non-hydrogen) atoms. The maximum atomic E-state index is 11.4. The van der Waals surface area contributed by atoms with Gasteiger partial charge in [-0.25, -0.2) is 13.6 Å². The summed E-state index contributed by atoms with van der Waals surface area (Å²) in [5.74, 6) is 0.419. The van der Waals surface area contributed by atoms with Crippen LogP contribution in [0, 0.1) is 0 Å². The predicted octanol–water partition coefficient (Wildman–Crippen LogP) is 1.92. The van der Waals surface area contributed by atoms with Gasteiger partial charge in [-0.05, 0) is 56.0 Å². The zero-order valence-electron chi connectivity index (χ0n) is 11.4. The van der Waals surface area contributed by atoms with E-state index in [-0.39, 0.29) is 4.90 Å². The maximum Gasteiger partial charge on any atom is 0.238 e. The lowest BCUT2D eigenvalue weighted by Gasteiger charge is -2.32. The number of benzene rings is 1. The van der Waals surface area contributed by atoms with Gasteiger partial charge in [0.05, 0.1) is 4.90 Å². The van der Waals surface area contributed by atoms with Crippen LogP contribution in [0.5, 0.6) is 0 Å². The van der Waals surface area contributed by atoms with Gasteiger partial charge in [-0.3, -0.25) is 0 Å². The third kappa shape index (κ3) is 3.78. The van der Waals surface area contributed by atoms with Crippen molar-refractivity contribution in [1.82, 2.24) is 4.90 Å². The smallest absolute Gasteiger partial charge is 0.238 e. The summed E-state index contributed by atoms with van der Waals surface area (Å²) in [6, 6.07) is 7.09. The van der Waals surface area contributed by atoms with Crippen LogP contribution < -0.4 is 5.14 Å². The lowest BCUT2D eigenvalue weighted by atomic mass is 9.90. The van der Waals surface area contributed by atoms with Gasteiger partial charge in [0.2, 0.25) is 10.0 Å². The summed E-state index contributed by atoms with van der Waals surface area (Å²) >= 11 is 0. The van der Waals surface area contributed by atoms with Crippen molar-refractivity contribution in [2.75, 3.05) is 19.6 Å². The van der Waals surface area contributed by atoms with E-state index >= 15 is 0 Å². The summed E-state index contributed by atoms with van der Waals surface area (Å²) in [6.07, 6.45) is 3.45. The highest BCUT2D eigenvalue weighted by Crippen LogP contribution is 2.28. The standard InChI is InChI=1S/C14H22N2O2S/c1-2-8-16-9-4-6-13(11-16)12-5-3-7-14(10-12)19(15,17)18/h3,5,7,10,13H,2,4,6,8-9,11H2,1H3,(H2,15,17,18)/t13-/m1/s1. The monoisotopic (exact) mass is 282 g/mol. The number of nitrogens with two attached hydrogens (primary N) is 1. The number of hydrogen-bond acceptors (Lipinski definition) is 3. The molecular weight excluding hydrogens is 260 g/mol. The molecule has 0 bridgehead atoms. The highest BCUT2D eigenvalue weighted by Gasteiger charge is 2.21. The van der Waals surface area contributed by atoms with Crippen molar-refractivity contribution in [3.05, 3.63) is 29.8 Å². The summed E-state index contributed by atoms with van der Waals surface area (Å²) in [4.78, 5) is 2.68. The van der Waals surface area contributed by atoms with Crippen LogP contribution in [-0.2, 0) is 10.0 Å². The number of primary sulfonamides is 1. The molecule has 0 aromatic heterocycles. The highest BCUT2D eigenvalue weighted by atomic mass is 32.2. The van der Waals surface area contributed by atoms with Crippen molar-refractivity contribution in [1.29, 1.82) is 0 Å². The van der Waals surface area contributed by atoms with E-state index in [2.05, 4.69) is 11.8 Å². The summed E-state index contributed by atoms with van der Waals surface area (Å²) in [5, 5.41) is 5.19. The summed E-state index contributed by atoms with van der Waals surface area (Å²) in [6.45, 7) is 5.47. The van der Waals surface area contributed by atoms with Gasteiger partial charge in [-0.15, -0.1) is 0 Å². The first-order valence-electron chi connectivity index (χ1n) is 6.86. The van der Waals surface area contributed by atoms with Gasteiger partial charge in [0.25, 0.3) is 0 Å². The molecule has 2 rings (SSSR count). The van der Waals surface area contributed by atoms with Crippen LogP contribution in [0.1, 0.15) is 37.7 Å². The zero-order chi connectivity index (χ0) is 13.9. The Morgan fingerprint density at radius 3 is 2.89 bits per heavy atom. The Labute approximate surface area is 115 Å². The molecule has 1 aromatic rings. The fraction of sp³-hybridized carbons (Fsp3) is 0.571. The molecule has 106 valence electrons. The second kappa shape index (κ2) is 6.03. The third-order valence-corrected chi connectivity index (χ3v) is 4.61. The van der Waals surface area contributed by atoms with Gasteiger partial charge in [-0.2, -0.15) is 0 Å². The second-order valence-electron chi connectivity index (χ2n) is 5.26. The number of likely N-dealkylation sites (tertiary alicyclic amines) is 1. The van der Waals surface area contributed by atoms with Crippen LogP contribution in [0.3, 0.4) is 0 Å². The summed E-state index contributed by atoms with van der Waals surface area (Å²) in [7, 11) is -3.60. The SMILES string of the molecule is CCCN1CCC[C@@H](c2cccc(S(N)(=O)=O)c2)C1. The molecule has 0 aliphatic carbocycles. The molecule has 5 heteroatoms. The molecule has 0 amide bonds. The predicted molar refractivity (Wildman–Crippen MR) is 76.5 cm³/mol. The lowest BCUT2D eigenvalue weighted by Crippen LogP contribution is -2.34. The van der Waals surface area contributed by atoms with Crippen molar-refractivity contribution in [3.63, 3.8) is 0 Å². The third-order valence-electron chi connectivity index (χ3n) is 3.70. The zero-order valence-corrected chi connectivity index (χ0v) is 12.2. The van der Waals surface area contributed by atoms with Gasteiger partial charge in [0.15, 0.2) is 0 Å². The average molecular weight is 282 g/mol. The maximum absolute atomic E-state index is 11.4. The van der Waals surface area contributed by atoms with Gasteiger partial charge in [-0.1, -0.05) is 19.1 Å². The molecule has 1 aliphatic heterocycles. The van der Waals surface area contributed by atoms with E-state index < -0.39 is 10.0 Å². The van der Waals surface area contributed by atoms with Crippen molar-refractivity contribution in [2.45, 2.75) is 37.0 Å². The topological polar surface area (TPSA) is 63.4 Å². The first-order valence-corrected chi connectivity index (χ1v) is 8.40. The fourth-order valence-electron chi connectivity index (χ4n) is 2.79. The Balaban J connectivity index is 2.17. The Hall–Kier alpha value is -0.910. The Morgan fingerprint density at radius 2 is 2.21 bits per heavy atom. The van der Waals surface area contributed by atoms with Crippen molar-refractivity contribution >= 4 is 10.0 Å². The molecular formula is C14H22N2O2S. The van der Waals surface area contributed by atoms with Gasteiger partial charge < -0.3 is 4.90 Å². The van der Waals surface area contributed by atoms with Gasteiger partial charge >= 0.3 is 0 Å². The minimum absolute atomic E-state index is 0.220. The molecule has 2 N–H and O–H groups in total. The average Bonchev–Trinajstić information content (AvgIpc) is 2.39. The largest absolute Gasteiger partial charge is 0.303 e. The fourth-order valence-corrected chi connectivity index (χ4v) is 3.36. The number of hydrogen-bond donors (Lipinski definition) is 1. The van der Waals surface area contributed by atoms with E-state index in [1.54, 1.807) is 18.2 Å². The molecule has 1 aliphatic rings. The van der Waals surface area contributed by atoms with E-state index in [0.29, 0.717) is 5.92 Å². The van der Waals surface area contributed by atoms with E-state index in [9.17, 15) is 8.42 Å². The normalized spacial score (nSPS) is 21.5. The minimum atomic E-state index is -3.60. The molecule has 1 fully saturated rings. The Morgan fingerprint density at radius 1 is 1.42 bits per heavy atom. The first kappa shape index (κ1) is 14.5.